The lowest BCUT2D eigenvalue weighted by Crippen LogP contribution is -2.22. The maximum Gasteiger partial charge on any atom is 0.353 e. The summed E-state index contributed by atoms with van der Waals surface area (Å²) in [5.41, 5.74) is 0.821. The molecule has 2 heterocycles. The third-order valence-corrected chi connectivity index (χ3v) is 4.35. The molecule has 0 aliphatic rings. The highest BCUT2D eigenvalue weighted by atomic mass is 16.6. The minimum Gasteiger partial charge on any atom is -0.362 e. The van der Waals surface area contributed by atoms with E-state index in [1.807, 2.05) is 50.2 Å². The van der Waals surface area contributed by atoms with Gasteiger partial charge in [0.1, 0.15) is 12.1 Å². The summed E-state index contributed by atoms with van der Waals surface area (Å²) in [6, 6.07) is 15.2. The van der Waals surface area contributed by atoms with Crippen LogP contribution in [0.1, 0.15) is 25.8 Å². The molecule has 0 aliphatic carbocycles. The summed E-state index contributed by atoms with van der Waals surface area (Å²) >= 11 is 0. The normalized spacial score (nSPS) is 11.6. The lowest BCUT2D eigenvalue weighted by atomic mass is 10.2. The quantitative estimate of drug-likeness (QED) is 0.460. The Hall–Kier alpha value is -3.55. The highest BCUT2D eigenvalue weighted by Gasteiger charge is 2.29. The van der Waals surface area contributed by atoms with Crippen molar-refractivity contribution < 1.29 is 4.92 Å². The van der Waals surface area contributed by atoms with E-state index in [9.17, 15) is 10.1 Å². The summed E-state index contributed by atoms with van der Waals surface area (Å²) < 4.78 is 0. The van der Waals surface area contributed by atoms with Crippen molar-refractivity contribution in [3.05, 3.63) is 76.7 Å². The van der Waals surface area contributed by atoms with E-state index in [0.29, 0.717) is 12.4 Å². The number of aromatic nitrogens is 3. The van der Waals surface area contributed by atoms with Gasteiger partial charge < -0.3 is 10.2 Å². The van der Waals surface area contributed by atoms with Gasteiger partial charge in [0, 0.05) is 12.2 Å². The largest absolute Gasteiger partial charge is 0.362 e. The van der Waals surface area contributed by atoms with E-state index in [-0.39, 0.29) is 23.4 Å². The Morgan fingerprint density at radius 3 is 2.50 bits per heavy atom. The molecule has 3 aromatic rings. The average molecular weight is 378 g/mol. The molecule has 8 heteroatoms. The fourth-order valence-electron chi connectivity index (χ4n) is 2.72. The second kappa shape index (κ2) is 8.90. The zero-order valence-corrected chi connectivity index (χ0v) is 15.8. The van der Waals surface area contributed by atoms with Crippen molar-refractivity contribution in [3.63, 3.8) is 0 Å². The Bertz CT molecular complexity index is 920. The number of pyridine rings is 1. The fraction of sp³-hybridized carbons (Fsp3) is 0.250. The van der Waals surface area contributed by atoms with Crippen LogP contribution in [0.3, 0.4) is 0 Å². The summed E-state index contributed by atoms with van der Waals surface area (Å²) in [5.74, 6) is 0.981. The van der Waals surface area contributed by atoms with E-state index in [2.05, 4.69) is 20.3 Å². The molecule has 1 unspecified atom stereocenters. The van der Waals surface area contributed by atoms with Crippen LogP contribution in [0.4, 0.5) is 23.1 Å². The molecule has 0 saturated heterocycles. The SMILES string of the molecule is CCC(C)Nc1ncnc(N(Cc2ccccc2)c2ccccn2)c1[N+](=O)[O-]. The Kier molecular flexibility index (Phi) is 6.11. The summed E-state index contributed by atoms with van der Waals surface area (Å²) in [4.78, 5) is 26.0. The molecular weight excluding hydrogens is 356 g/mol. The van der Waals surface area contributed by atoms with Gasteiger partial charge in [0.15, 0.2) is 0 Å². The summed E-state index contributed by atoms with van der Waals surface area (Å²) in [6.07, 6.45) is 3.80. The van der Waals surface area contributed by atoms with E-state index < -0.39 is 4.92 Å². The van der Waals surface area contributed by atoms with Gasteiger partial charge in [-0.15, -0.1) is 0 Å². The summed E-state index contributed by atoms with van der Waals surface area (Å²) in [7, 11) is 0. The molecule has 0 bridgehead atoms. The zero-order chi connectivity index (χ0) is 19.9. The topological polar surface area (TPSA) is 97.1 Å². The molecule has 28 heavy (non-hydrogen) atoms. The zero-order valence-electron chi connectivity index (χ0n) is 15.8. The molecule has 0 radical (unpaired) electrons. The third kappa shape index (κ3) is 4.40. The molecule has 0 fully saturated rings. The van der Waals surface area contributed by atoms with Gasteiger partial charge in [-0.05, 0) is 31.0 Å². The van der Waals surface area contributed by atoms with Crippen LogP contribution >= 0.6 is 0 Å². The van der Waals surface area contributed by atoms with Gasteiger partial charge in [-0.2, -0.15) is 0 Å². The van der Waals surface area contributed by atoms with Crippen LogP contribution in [-0.2, 0) is 6.54 Å². The lowest BCUT2D eigenvalue weighted by Gasteiger charge is -2.23. The average Bonchev–Trinajstić information content (AvgIpc) is 2.73. The third-order valence-electron chi connectivity index (χ3n) is 4.35. The number of nitrogens with zero attached hydrogens (tertiary/aromatic N) is 5. The molecule has 144 valence electrons. The van der Waals surface area contributed by atoms with Gasteiger partial charge in [-0.25, -0.2) is 15.0 Å². The van der Waals surface area contributed by atoms with Gasteiger partial charge >= 0.3 is 5.69 Å². The number of hydrogen-bond acceptors (Lipinski definition) is 7. The van der Waals surface area contributed by atoms with E-state index >= 15 is 0 Å². The first kappa shape index (κ1) is 19.2. The molecule has 8 nitrogen and oxygen atoms in total. The second-order valence-corrected chi connectivity index (χ2v) is 6.36. The van der Waals surface area contributed by atoms with Crippen LogP contribution in [-0.4, -0.2) is 25.9 Å². The maximum atomic E-state index is 11.9. The minimum absolute atomic E-state index is 0.0406. The Morgan fingerprint density at radius 1 is 1.11 bits per heavy atom. The van der Waals surface area contributed by atoms with Crippen LogP contribution in [0.5, 0.6) is 0 Å². The first-order valence-electron chi connectivity index (χ1n) is 9.08. The lowest BCUT2D eigenvalue weighted by molar-refractivity contribution is -0.383. The van der Waals surface area contributed by atoms with Crippen LogP contribution < -0.4 is 10.2 Å². The molecule has 1 N–H and O–H groups in total. The molecule has 2 aromatic heterocycles. The van der Waals surface area contributed by atoms with Crippen LogP contribution in [0.15, 0.2) is 61.1 Å². The fourth-order valence-corrected chi connectivity index (χ4v) is 2.72. The van der Waals surface area contributed by atoms with Gasteiger partial charge in [0.25, 0.3) is 0 Å². The van der Waals surface area contributed by atoms with E-state index in [0.717, 1.165) is 12.0 Å². The smallest absolute Gasteiger partial charge is 0.353 e. The van der Waals surface area contributed by atoms with E-state index in [1.165, 1.54) is 6.33 Å². The first-order valence-corrected chi connectivity index (χ1v) is 9.08. The first-order chi connectivity index (χ1) is 13.6. The molecule has 0 aliphatic heterocycles. The molecule has 1 atom stereocenters. The van der Waals surface area contributed by atoms with Crippen molar-refractivity contribution in [2.75, 3.05) is 10.2 Å². The summed E-state index contributed by atoms with van der Waals surface area (Å²) in [6.45, 7) is 4.34. The van der Waals surface area contributed by atoms with Gasteiger partial charge in [-0.1, -0.05) is 43.3 Å². The predicted octanol–water partition coefficient (Wildman–Crippen LogP) is 4.33. The molecule has 3 rings (SSSR count). The Balaban J connectivity index is 2.11. The van der Waals surface area contributed by atoms with Crippen molar-refractivity contribution >= 4 is 23.1 Å². The van der Waals surface area contributed by atoms with E-state index in [1.54, 1.807) is 23.2 Å². The molecule has 0 saturated carbocycles. The van der Waals surface area contributed by atoms with Crippen LogP contribution in [0.25, 0.3) is 0 Å². The Morgan fingerprint density at radius 2 is 1.86 bits per heavy atom. The van der Waals surface area contributed by atoms with Crippen molar-refractivity contribution in [2.45, 2.75) is 32.9 Å². The predicted molar refractivity (Wildman–Crippen MR) is 109 cm³/mol. The number of nitro groups is 1. The molecule has 0 spiro atoms. The molecule has 0 amide bonds. The Labute approximate surface area is 163 Å². The van der Waals surface area contributed by atoms with Gasteiger partial charge in [0.05, 0.1) is 11.5 Å². The molecule has 1 aromatic carbocycles. The monoisotopic (exact) mass is 378 g/mol. The maximum absolute atomic E-state index is 11.9. The highest BCUT2D eigenvalue weighted by molar-refractivity contribution is 5.74. The van der Waals surface area contributed by atoms with Gasteiger partial charge in [0.2, 0.25) is 11.6 Å². The van der Waals surface area contributed by atoms with Crippen molar-refractivity contribution in [3.8, 4) is 0 Å². The van der Waals surface area contributed by atoms with Crippen LogP contribution in [0, 0.1) is 10.1 Å². The van der Waals surface area contributed by atoms with Crippen LogP contribution in [0.2, 0.25) is 0 Å². The van der Waals surface area contributed by atoms with Crippen molar-refractivity contribution in [1.29, 1.82) is 0 Å². The second-order valence-electron chi connectivity index (χ2n) is 6.36. The number of nitrogens with one attached hydrogen (secondary N) is 1. The van der Waals surface area contributed by atoms with E-state index in [4.69, 9.17) is 0 Å². The standard InChI is InChI=1S/C20H22N6O2/c1-3-15(2)24-19-18(26(27)28)20(23-14-22-19)25(17-11-7-8-12-21-17)13-16-9-5-4-6-10-16/h4-12,14-15H,3,13H2,1-2H3,(H,22,23,24). The minimum atomic E-state index is -0.443. The van der Waals surface area contributed by atoms with Crippen molar-refractivity contribution in [1.82, 2.24) is 15.0 Å². The van der Waals surface area contributed by atoms with Gasteiger partial charge in [-0.3, -0.25) is 10.1 Å². The van der Waals surface area contributed by atoms with Crippen molar-refractivity contribution in [2.24, 2.45) is 0 Å². The summed E-state index contributed by atoms with van der Waals surface area (Å²) in [5, 5.41) is 15.1. The number of hydrogen-bond donors (Lipinski definition) is 1. The number of anilines is 3. The number of benzene rings is 1. The highest BCUT2D eigenvalue weighted by Crippen LogP contribution is 2.36. The number of rotatable bonds is 8. The molecular formula is C20H22N6O2.